The van der Waals surface area contributed by atoms with Crippen molar-refractivity contribution in [2.45, 2.75) is 65.0 Å². The van der Waals surface area contributed by atoms with Crippen LogP contribution in [-0.2, 0) is 42.3 Å². The Balaban J connectivity index is -0.000000689. The van der Waals surface area contributed by atoms with Gasteiger partial charge >= 0.3 is 5.97 Å². The molecule has 1 radical (unpaired) electrons. The van der Waals surface area contributed by atoms with E-state index in [1.165, 1.54) is 0 Å². The second-order valence-corrected chi connectivity index (χ2v) is 4.41. The standard InChI is InChI=1S/C11H19N2O3.C2H6.CH3.Y/c1-3-5-8(9(14)15)13-10(16)11(2)6-4-7-12-11;1-2;;/h8H,3-7H2,1-2H3,(H,13,16)(H,14,15);1-2H3;1H3;/q-1;;-1;. The summed E-state index contributed by atoms with van der Waals surface area (Å²) < 4.78 is 0. The van der Waals surface area contributed by atoms with Crippen molar-refractivity contribution in [1.82, 2.24) is 5.32 Å². The van der Waals surface area contributed by atoms with Gasteiger partial charge in [0.25, 0.3) is 0 Å². The van der Waals surface area contributed by atoms with E-state index in [0.717, 1.165) is 12.8 Å². The number of amides is 1. The van der Waals surface area contributed by atoms with Crippen LogP contribution in [0.2, 0.25) is 0 Å². The van der Waals surface area contributed by atoms with Crippen LogP contribution in [0, 0.1) is 7.43 Å². The third kappa shape index (κ3) is 7.70. The second kappa shape index (κ2) is 12.7. The Morgan fingerprint density at radius 3 is 2.30 bits per heavy atom. The van der Waals surface area contributed by atoms with Crippen molar-refractivity contribution in [3.63, 3.8) is 0 Å². The van der Waals surface area contributed by atoms with Crippen molar-refractivity contribution in [2.75, 3.05) is 6.54 Å². The summed E-state index contributed by atoms with van der Waals surface area (Å²) in [6, 6.07) is -0.787. The molecule has 2 N–H and O–H groups in total. The van der Waals surface area contributed by atoms with E-state index in [9.17, 15) is 9.59 Å². The fourth-order valence-electron chi connectivity index (χ4n) is 1.87. The van der Waals surface area contributed by atoms with Gasteiger partial charge in [0.1, 0.15) is 6.04 Å². The maximum atomic E-state index is 11.9. The van der Waals surface area contributed by atoms with Crippen LogP contribution in [0.3, 0.4) is 0 Å². The zero-order valence-corrected chi connectivity index (χ0v) is 16.2. The Morgan fingerprint density at radius 2 is 1.95 bits per heavy atom. The van der Waals surface area contributed by atoms with Gasteiger partial charge in [-0.05, 0) is 12.0 Å². The van der Waals surface area contributed by atoms with E-state index in [4.69, 9.17) is 5.11 Å². The van der Waals surface area contributed by atoms with Gasteiger partial charge in [0, 0.05) is 32.7 Å². The summed E-state index contributed by atoms with van der Waals surface area (Å²) in [5.41, 5.74) is -0.721. The molecule has 0 aliphatic carbocycles. The molecule has 2 atom stereocenters. The van der Waals surface area contributed by atoms with Crippen molar-refractivity contribution in [2.24, 2.45) is 0 Å². The third-order valence-corrected chi connectivity index (χ3v) is 2.95. The maximum absolute atomic E-state index is 11.9. The van der Waals surface area contributed by atoms with E-state index >= 15 is 0 Å². The van der Waals surface area contributed by atoms with Gasteiger partial charge in [0.15, 0.2) is 0 Å². The summed E-state index contributed by atoms with van der Waals surface area (Å²) >= 11 is 0. The van der Waals surface area contributed by atoms with Crippen molar-refractivity contribution in [1.29, 1.82) is 0 Å². The minimum absolute atomic E-state index is 0. The van der Waals surface area contributed by atoms with E-state index in [-0.39, 0.29) is 46.0 Å². The van der Waals surface area contributed by atoms with Gasteiger partial charge < -0.3 is 23.2 Å². The third-order valence-electron chi connectivity index (χ3n) is 2.95. The molecule has 1 rings (SSSR count). The van der Waals surface area contributed by atoms with Crippen molar-refractivity contribution < 1.29 is 47.4 Å². The molecule has 0 saturated carbocycles. The van der Waals surface area contributed by atoms with Crippen LogP contribution in [0.15, 0.2) is 0 Å². The fourth-order valence-corrected chi connectivity index (χ4v) is 1.87. The van der Waals surface area contributed by atoms with Gasteiger partial charge in [-0.1, -0.05) is 47.0 Å². The maximum Gasteiger partial charge on any atom is 0.326 e. The van der Waals surface area contributed by atoms with Gasteiger partial charge in [-0.15, -0.1) is 6.54 Å². The first-order chi connectivity index (χ1) is 8.49. The molecule has 0 bridgehead atoms. The van der Waals surface area contributed by atoms with E-state index in [1.54, 1.807) is 6.92 Å². The Kier molecular flexibility index (Phi) is 15.9. The fraction of sp³-hybridized carbons (Fsp3) is 0.786. The smallest absolute Gasteiger partial charge is 0.326 e. The molecule has 1 amide bonds. The number of carbonyl (C=O) groups excluding carboxylic acids is 1. The first kappa shape index (κ1) is 25.0. The zero-order chi connectivity index (χ0) is 14.2. The van der Waals surface area contributed by atoms with Gasteiger partial charge in [0.2, 0.25) is 5.91 Å². The molecule has 20 heavy (non-hydrogen) atoms. The Bertz CT molecular complexity index is 280. The van der Waals surface area contributed by atoms with Gasteiger partial charge in [0.05, 0.1) is 0 Å². The summed E-state index contributed by atoms with van der Waals surface area (Å²) in [5, 5.41) is 15.7. The zero-order valence-electron chi connectivity index (χ0n) is 13.4. The molecule has 0 spiro atoms. The molecule has 1 aliphatic heterocycles. The van der Waals surface area contributed by atoms with E-state index < -0.39 is 17.6 Å². The molecule has 0 aromatic carbocycles. The van der Waals surface area contributed by atoms with Crippen LogP contribution in [0.4, 0.5) is 0 Å². The molecule has 1 aliphatic rings. The molecule has 5 nitrogen and oxygen atoms in total. The number of carboxylic acid groups (broad SMARTS) is 1. The minimum Gasteiger partial charge on any atom is -0.649 e. The number of rotatable bonds is 5. The summed E-state index contributed by atoms with van der Waals surface area (Å²) in [6.07, 6.45) is 2.79. The monoisotopic (exact) mass is 361 g/mol. The Labute approximate surface area is 148 Å². The summed E-state index contributed by atoms with van der Waals surface area (Å²) in [4.78, 5) is 22.8. The van der Waals surface area contributed by atoms with Crippen LogP contribution >= 0.6 is 0 Å². The Hall–Kier alpha value is 0.00390. The predicted molar refractivity (Wildman–Crippen MR) is 78.1 cm³/mol. The first-order valence-corrected chi connectivity index (χ1v) is 6.72. The normalized spacial score (nSPS) is 21.4. The number of nitrogens with one attached hydrogen (secondary N) is 1. The average molecular weight is 361 g/mol. The SMILES string of the molecule is CC.CCCC(NC(=O)C1(C)CCC[N-]1)C(=O)O.[CH3-].[Y]. The topological polar surface area (TPSA) is 80.5 Å². The van der Waals surface area contributed by atoms with Crippen LogP contribution in [0.5, 0.6) is 0 Å². The van der Waals surface area contributed by atoms with E-state index in [0.29, 0.717) is 19.4 Å². The predicted octanol–water partition coefficient (Wildman–Crippen LogP) is 2.76. The largest absolute Gasteiger partial charge is 0.649 e. The summed E-state index contributed by atoms with van der Waals surface area (Å²) in [7, 11) is 0. The molecular formula is C14H28N2O3Y-2. The van der Waals surface area contributed by atoms with Crippen molar-refractivity contribution in [3.05, 3.63) is 12.7 Å². The van der Waals surface area contributed by atoms with E-state index in [1.807, 2.05) is 20.8 Å². The van der Waals surface area contributed by atoms with Crippen LogP contribution in [0.25, 0.3) is 5.32 Å². The molecule has 1 heterocycles. The Morgan fingerprint density at radius 1 is 1.40 bits per heavy atom. The van der Waals surface area contributed by atoms with E-state index in [2.05, 4.69) is 10.6 Å². The van der Waals surface area contributed by atoms with Crippen molar-refractivity contribution >= 4 is 11.9 Å². The number of aliphatic carboxylic acids is 1. The molecule has 0 aromatic rings. The number of hydrogen-bond acceptors (Lipinski definition) is 2. The molecule has 117 valence electrons. The van der Waals surface area contributed by atoms with Crippen LogP contribution < -0.4 is 5.32 Å². The number of carboxylic acids is 1. The van der Waals surface area contributed by atoms with Gasteiger partial charge in [-0.25, -0.2) is 4.79 Å². The molecular weight excluding hydrogens is 333 g/mol. The minimum atomic E-state index is -0.975. The second-order valence-electron chi connectivity index (χ2n) is 4.41. The van der Waals surface area contributed by atoms with Crippen molar-refractivity contribution in [3.8, 4) is 0 Å². The number of carbonyl (C=O) groups is 2. The summed E-state index contributed by atoms with van der Waals surface area (Å²) in [5.74, 6) is -1.23. The molecule has 1 saturated heterocycles. The molecule has 2 unspecified atom stereocenters. The molecule has 1 fully saturated rings. The molecule has 6 heteroatoms. The average Bonchev–Trinajstić information content (AvgIpc) is 2.79. The van der Waals surface area contributed by atoms with Gasteiger partial charge in [-0.3, -0.25) is 4.79 Å². The number of nitrogens with zero attached hydrogens (tertiary/aromatic N) is 1. The van der Waals surface area contributed by atoms with Crippen LogP contribution in [0.1, 0.15) is 53.4 Å². The quantitative estimate of drug-likeness (QED) is 0.739. The summed E-state index contributed by atoms with van der Waals surface area (Å²) in [6.45, 7) is 8.35. The molecule has 0 aromatic heterocycles. The first-order valence-electron chi connectivity index (χ1n) is 6.72. The van der Waals surface area contributed by atoms with Crippen LogP contribution in [-0.4, -0.2) is 35.1 Å². The van der Waals surface area contributed by atoms with Gasteiger partial charge in [-0.2, -0.15) is 0 Å². The number of hydrogen-bond donors (Lipinski definition) is 2.